The maximum Gasteiger partial charge on any atom is 0.269 e. The van der Waals surface area contributed by atoms with Crippen LogP contribution in [0.1, 0.15) is 36.7 Å². The number of nitrogens with zero attached hydrogens (tertiary/aromatic N) is 2. The molecule has 1 N–H and O–H groups in total. The summed E-state index contributed by atoms with van der Waals surface area (Å²) in [6, 6.07) is 13.0. The fourth-order valence-electron chi connectivity index (χ4n) is 3.26. The molecule has 5 heteroatoms. The Morgan fingerprint density at radius 2 is 1.92 bits per heavy atom. The van der Waals surface area contributed by atoms with Crippen molar-refractivity contribution in [2.24, 2.45) is 5.92 Å². The number of amides is 1. The largest absolute Gasteiger partial charge is 0.456 e. The first kappa shape index (κ1) is 18.4. The van der Waals surface area contributed by atoms with E-state index < -0.39 is 0 Å². The Labute approximate surface area is 155 Å². The van der Waals surface area contributed by atoms with Crippen LogP contribution in [-0.4, -0.2) is 42.0 Å². The lowest BCUT2D eigenvalue weighted by molar-refractivity contribution is 0.0931. The van der Waals surface area contributed by atoms with Crippen LogP contribution in [0.25, 0.3) is 0 Å². The highest BCUT2D eigenvalue weighted by Crippen LogP contribution is 2.20. The van der Waals surface area contributed by atoms with Crippen molar-refractivity contribution in [1.29, 1.82) is 0 Å². The van der Waals surface area contributed by atoms with Gasteiger partial charge >= 0.3 is 0 Å². The molecule has 1 amide bonds. The number of carbonyl (C=O) groups is 1. The summed E-state index contributed by atoms with van der Waals surface area (Å²) in [6.45, 7) is 6.40. The lowest BCUT2D eigenvalue weighted by Gasteiger charge is -2.31. The number of pyridine rings is 1. The Bertz CT molecular complexity index is 680. The summed E-state index contributed by atoms with van der Waals surface area (Å²) in [4.78, 5) is 19.0. The molecule has 2 aromatic rings. The van der Waals surface area contributed by atoms with Gasteiger partial charge in [0.15, 0.2) is 0 Å². The minimum atomic E-state index is -0.118. The number of hydrogen-bond acceptors (Lipinski definition) is 4. The van der Waals surface area contributed by atoms with Gasteiger partial charge in [0.05, 0.1) is 6.20 Å². The van der Waals surface area contributed by atoms with Crippen molar-refractivity contribution in [3.63, 3.8) is 0 Å². The van der Waals surface area contributed by atoms with Gasteiger partial charge in [0.2, 0.25) is 0 Å². The van der Waals surface area contributed by atoms with Crippen LogP contribution in [0.15, 0.2) is 48.7 Å². The quantitative estimate of drug-likeness (QED) is 0.824. The monoisotopic (exact) mass is 353 g/mol. The molecule has 1 saturated heterocycles. The van der Waals surface area contributed by atoms with E-state index >= 15 is 0 Å². The SMILES string of the molecule is CCCN1CCC(CNC(=O)c2ccc(Oc3ccccc3)cn2)CC1. The van der Waals surface area contributed by atoms with Gasteiger partial charge in [0.25, 0.3) is 5.91 Å². The molecule has 0 aliphatic carbocycles. The predicted octanol–water partition coefficient (Wildman–Crippen LogP) is 3.73. The topological polar surface area (TPSA) is 54.5 Å². The fraction of sp³-hybridized carbons (Fsp3) is 0.429. The van der Waals surface area contributed by atoms with Gasteiger partial charge in [0, 0.05) is 6.54 Å². The molecule has 0 atom stereocenters. The van der Waals surface area contributed by atoms with Crippen LogP contribution in [0.5, 0.6) is 11.5 Å². The molecule has 0 saturated carbocycles. The van der Waals surface area contributed by atoms with Crippen LogP contribution in [0, 0.1) is 5.92 Å². The smallest absolute Gasteiger partial charge is 0.269 e. The van der Waals surface area contributed by atoms with Crippen molar-refractivity contribution in [3.8, 4) is 11.5 Å². The second kappa shape index (κ2) is 9.34. The first-order chi connectivity index (χ1) is 12.7. The first-order valence-electron chi connectivity index (χ1n) is 9.44. The molecule has 1 aromatic heterocycles. The number of nitrogens with one attached hydrogen (secondary N) is 1. The third kappa shape index (κ3) is 5.30. The summed E-state index contributed by atoms with van der Waals surface area (Å²) >= 11 is 0. The minimum absolute atomic E-state index is 0.118. The molecule has 1 fully saturated rings. The van der Waals surface area contributed by atoms with Crippen LogP contribution < -0.4 is 10.1 Å². The van der Waals surface area contributed by atoms with E-state index in [1.54, 1.807) is 18.3 Å². The summed E-state index contributed by atoms with van der Waals surface area (Å²) < 4.78 is 5.70. The molecule has 1 aromatic carbocycles. The highest BCUT2D eigenvalue weighted by Gasteiger charge is 2.19. The summed E-state index contributed by atoms with van der Waals surface area (Å²) in [5.41, 5.74) is 0.425. The number of piperidine rings is 1. The highest BCUT2D eigenvalue weighted by atomic mass is 16.5. The molecule has 2 heterocycles. The lowest BCUT2D eigenvalue weighted by atomic mass is 9.96. The number of benzene rings is 1. The van der Waals surface area contributed by atoms with E-state index in [0.29, 0.717) is 17.4 Å². The number of aromatic nitrogens is 1. The van der Waals surface area contributed by atoms with Crippen LogP contribution in [-0.2, 0) is 0 Å². The van der Waals surface area contributed by atoms with Crippen molar-refractivity contribution < 1.29 is 9.53 Å². The zero-order valence-electron chi connectivity index (χ0n) is 15.4. The molecule has 0 radical (unpaired) electrons. The second-order valence-electron chi connectivity index (χ2n) is 6.79. The normalized spacial score (nSPS) is 15.6. The second-order valence-corrected chi connectivity index (χ2v) is 6.79. The van der Waals surface area contributed by atoms with Gasteiger partial charge in [0.1, 0.15) is 17.2 Å². The molecule has 138 valence electrons. The number of carbonyl (C=O) groups excluding carboxylic acids is 1. The Balaban J connectivity index is 1.45. The third-order valence-electron chi connectivity index (χ3n) is 4.75. The minimum Gasteiger partial charge on any atom is -0.456 e. The Hall–Kier alpha value is -2.40. The van der Waals surface area contributed by atoms with Crippen LogP contribution in [0.4, 0.5) is 0 Å². The Kier molecular flexibility index (Phi) is 6.61. The molecule has 0 spiro atoms. The van der Waals surface area contributed by atoms with Crippen LogP contribution in [0.3, 0.4) is 0 Å². The molecule has 5 nitrogen and oxygen atoms in total. The van der Waals surface area contributed by atoms with E-state index in [2.05, 4.69) is 22.1 Å². The van der Waals surface area contributed by atoms with E-state index in [1.165, 1.54) is 13.0 Å². The molecule has 3 rings (SSSR count). The Morgan fingerprint density at radius 3 is 2.58 bits per heavy atom. The molecule has 1 aliphatic rings. The predicted molar refractivity (Wildman–Crippen MR) is 103 cm³/mol. The van der Waals surface area contributed by atoms with E-state index in [4.69, 9.17) is 4.74 Å². The third-order valence-corrected chi connectivity index (χ3v) is 4.75. The number of rotatable bonds is 7. The van der Waals surface area contributed by atoms with E-state index in [-0.39, 0.29) is 5.91 Å². The molecule has 1 aliphatic heterocycles. The van der Waals surface area contributed by atoms with Gasteiger partial charge in [-0.1, -0.05) is 25.1 Å². The summed E-state index contributed by atoms with van der Waals surface area (Å²) in [6.07, 6.45) is 5.09. The fourth-order valence-corrected chi connectivity index (χ4v) is 3.26. The maximum absolute atomic E-state index is 12.3. The van der Waals surface area contributed by atoms with Crippen molar-refractivity contribution in [2.75, 3.05) is 26.2 Å². The zero-order valence-corrected chi connectivity index (χ0v) is 15.4. The average Bonchev–Trinajstić information content (AvgIpc) is 2.69. The van der Waals surface area contributed by atoms with Gasteiger partial charge in [-0.3, -0.25) is 4.79 Å². The van der Waals surface area contributed by atoms with Crippen molar-refractivity contribution >= 4 is 5.91 Å². The number of likely N-dealkylation sites (tertiary alicyclic amines) is 1. The van der Waals surface area contributed by atoms with Crippen molar-refractivity contribution in [2.45, 2.75) is 26.2 Å². The standard InChI is InChI=1S/C21H27N3O2/c1-2-12-24-13-10-17(11-14-24)15-23-21(25)20-9-8-19(16-22-20)26-18-6-4-3-5-7-18/h3-9,16-17H,2,10-15H2,1H3,(H,23,25). The molecule has 0 unspecified atom stereocenters. The van der Waals surface area contributed by atoms with Gasteiger partial charge < -0.3 is 15.0 Å². The summed E-state index contributed by atoms with van der Waals surface area (Å²) in [7, 11) is 0. The Morgan fingerprint density at radius 1 is 1.15 bits per heavy atom. The number of ether oxygens (including phenoxy) is 1. The van der Waals surface area contributed by atoms with Crippen molar-refractivity contribution in [1.82, 2.24) is 15.2 Å². The number of para-hydroxylation sites is 1. The van der Waals surface area contributed by atoms with E-state index in [1.807, 2.05) is 30.3 Å². The highest BCUT2D eigenvalue weighted by molar-refractivity contribution is 5.92. The molecule has 0 bridgehead atoms. The average molecular weight is 353 g/mol. The number of hydrogen-bond donors (Lipinski definition) is 1. The molecule has 26 heavy (non-hydrogen) atoms. The van der Waals surface area contributed by atoms with Gasteiger partial charge in [-0.05, 0) is 69.1 Å². The van der Waals surface area contributed by atoms with Gasteiger partial charge in [-0.15, -0.1) is 0 Å². The molecular formula is C21H27N3O2. The lowest BCUT2D eigenvalue weighted by Crippen LogP contribution is -2.39. The van der Waals surface area contributed by atoms with Gasteiger partial charge in [-0.2, -0.15) is 0 Å². The van der Waals surface area contributed by atoms with Crippen molar-refractivity contribution in [3.05, 3.63) is 54.4 Å². The summed E-state index contributed by atoms with van der Waals surface area (Å²) in [5, 5.41) is 3.02. The summed E-state index contributed by atoms with van der Waals surface area (Å²) in [5.74, 6) is 1.82. The first-order valence-corrected chi connectivity index (χ1v) is 9.44. The molecular weight excluding hydrogens is 326 g/mol. The van der Waals surface area contributed by atoms with Crippen LogP contribution in [0.2, 0.25) is 0 Å². The van der Waals surface area contributed by atoms with Crippen LogP contribution >= 0.6 is 0 Å². The van der Waals surface area contributed by atoms with E-state index in [9.17, 15) is 4.79 Å². The maximum atomic E-state index is 12.3. The van der Waals surface area contributed by atoms with E-state index in [0.717, 1.165) is 38.2 Å². The zero-order chi connectivity index (χ0) is 18.2. The van der Waals surface area contributed by atoms with Gasteiger partial charge in [-0.25, -0.2) is 4.98 Å².